The lowest BCUT2D eigenvalue weighted by Crippen LogP contribution is -2.33. The number of aromatic amines is 1. The van der Waals surface area contributed by atoms with Gasteiger partial charge in [-0.25, -0.2) is 4.79 Å². The van der Waals surface area contributed by atoms with Crippen molar-refractivity contribution in [3.63, 3.8) is 0 Å². The van der Waals surface area contributed by atoms with Gasteiger partial charge in [-0.2, -0.15) is 5.10 Å². The number of nitrogens with one attached hydrogen (secondary N) is 3. The fraction of sp³-hybridized carbons (Fsp3) is 0.500. The Morgan fingerprint density at radius 3 is 2.93 bits per heavy atom. The average Bonchev–Trinajstić information content (AvgIpc) is 3.31. The molecule has 8 heteroatoms. The number of ether oxygens (including phenoxy) is 1. The van der Waals surface area contributed by atoms with E-state index in [-0.39, 0.29) is 30.4 Å². The van der Waals surface area contributed by atoms with Crippen molar-refractivity contribution in [2.45, 2.75) is 57.9 Å². The van der Waals surface area contributed by atoms with Crippen LogP contribution in [0.5, 0.6) is 0 Å². The predicted molar refractivity (Wildman–Crippen MR) is 105 cm³/mol. The van der Waals surface area contributed by atoms with Gasteiger partial charge in [-0.1, -0.05) is 13.0 Å². The van der Waals surface area contributed by atoms with Crippen molar-refractivity contribution < 1.29 is 14.3 Å². The molecular weight excluding hydrogens is 358 g/mol. The standard InChI is InChI=1S/C20H27N5O3/c1-3-8-28-20(27)22-16-7-6-15(10-16)17-11-18(25-24-17)23-19(26)9-14-5-4-13(2)21-12-14/h4-5,11-12,15-16H,3,6-10H2,1-2H3,(H,22,27)(H2,23,24,25,26)/t15-,16+/m0/s1. The highest BCUT2D eigenvalue weighted by Crippen LogP contribution is 2.34. The highest BCUT2D eigenvalue weighted by Gasteiger charge is 2.28. The number of rotatable bonds is 7. The van der Waals surface area contributed by atoms with Crippen molar-refractivity contribution >= 4 is 17.8 Å². The SMILES string of the molecule is CCCOC(=O)N[C@@H]1CC[C@H](c2cc(NC(=O)Cc3ccc(C)nc3)n[nH]2)C1. The third kappa shape index (κ3) is 5.55. The maximum atomic E-state index is 12.2. The summed E-state index contributed by atoms with van der Waals surface area (Å²) >= 11 is 0. The number of aryl methyl sites for hydroxylation is 1. The van der Waals surface area contributed by atoms with Crippen LogP contribution < -0.4 is 10.6 Å². The molecule has 0 spiro atoms. The summed E-state index contributed by atoms with van der Waals surface area (Å²) in [6.45, 7) is 4.31. The number of hydrogen-bond donors (Lipinski definition) is 3. The van der Waals surface area contributed by atoms with Gasteiger partial charge in [-0.3, -0.25) is 14.9 Å². The molecule has 1 aliphatic rings. The number of H-pyrrole nitrogens is 1. The lowest BCUT2D eigenvalue weighted by Gasteiger charge is -2.12. The van der Waals surface area contributed by atoms with Crippen LogP contribution in [0.2, 0.25) is 0 Å². The smallest absolute Gasteiger partial charge is 0.407 e. The van der Waals surface area contributed by atoms with Gasteiger partial charge in [0.1, 0.15) is 0 Å². The number of nitrogens with zero attached hydrogens (tertiary/aromatic N) is 2. The molecular formula is C20H27N5O3. The van der Waals surface area contributed by atoms with E-state index in [9.17, 15) is 9.59 Å². The zero-order valence-electron chi connectivity index (χ0n) is 16.3. The van der Waals surface area contributed by atoms with E-state index in [0.717, 1.165) is 42.6 Å². The average molecular weight is 385 g/mol. The molecule has 1 fully saturated rings. The molecule has 0 saturated heterocycles. The Balaban J connectivity index is 1.48. The van der Waals surface area contributed by atoms with Gasteiger partial charge >= 0.3 is 6.09 Å². The van der Waals surface area contributed by atoms with Crippen LogP contribution in [0.1, 0.15) is 55.5 Å². The lowest BCUT2D eigenvalue weighted by atomic mass is 10.0. The molecule has 0 unspecified atom stereocenters. The molecule has 2 heterocycles. The van der Waals surface area contributed by atoms with Crippen LogP contribution in [0, 0.1) is 6.92 Å². The molecule has 3 rings (SSSR count). The molecule has 2 aromatic rings. The van der Waals surface area contributed by atoms with Crippen LogP contribution in [-0.2, 0) is 16.0 Å². The minimum atomic E-state index is -0.351. The summed E-state index contributed by atoms with van der Waals surface area (Å²) in [5, 5.41) is 12.9. The van der Waals surface area contributed by atoms with Gasteiger partial charge < -0.3 is 15.4 Å². The van der Waals surface area contributed by atoms with Crippen LogP contribution in [-0.4, -0.2) is 39.8 Å². The van der Waals surface area contributed by atoms with Crippen molar-refractivity contribution in [2.24, 2.45) is 0 Å². The third-order valence-electron chi connectivity index (χ3n) is 4.83. The van der Waals surface area contributed by atoms with E-state index in [2.05, 4.69) is 25.8 Å². The summed E-state index contributed by atoms with van der Waals surface area (Å²) in [5.41, 5.74) is 2.75. The van der Waals surface area contributed by atoms with E-state index in [4.69, 9.17) is 4.74 Å². The van der Waals surface area contributed by atoms with E-state index in [1.807, 2.05) is 32.0 Å². The molecule has 1 saturated carbocycles. The van der Waals surface area contributed by atoms with Crippen LogP contribution in [0.3, 0.4) is 0 Å². The highest BCUT2D eigenvalue weighted by atomic mass is 16.5. The maximum absolute atomic E-state index is 12.2. The van der Waals surface area contributed by atoms with E-state index < -0.39 is 0 Å². The second-order valence-corrected chi connectivity index (χ2v) is 7.23. The molecule has 2 aromatic heterocycles. The summed E-state index contributed by atoms with van der Waals surface area (Å²) in [6.07, 6.45) is 5.09. The van der Waals surface area contributed by atoms with E-state index >= 15 is 0 Å². The summed E-state index contributed by atoms with van der Waals surface area (Å²) < 4.78 is 5.08. The van der Waals surface area contributed by atoms with Crippen LogP contribution in [0.25, 0.3) is 0 Å². The largest absolute Gasteiger partial charge is 0.450 e. The molecule has 0 aliphatic heterocycles. The summed E-state index contributed by atoms with van der Waals surface area (Å²) in [5.74, 6) is 0.656. The normalized spacial score (nSPS) is 18.6. The zero-order valence-corrected chi connectivity index (χ0v) is 16.3. The Kier molecular flexibility index (Phi) is 6.62. The molecule has 0 radical (unpaired) electrons. The summed E-state index contributed by atoms with van der Waals surface area (Å²) in [4.78, 5) is 28.1. The first-order chi connectivity index (χ1) is 13.5. The fourth-order valence-electron chi connectivity index (χ4n) is 3.38. The van der Waals surface area contributed by atoms with Gasteiger partial charge in [0.2, 0.25) is 5.91 Å². The number of anilines is 1. The van der Waals surface area contributed by atoms with Crippen LogP contribution in [0.4, 0.5) is 10.6 Å². The molecule has 2 atom stereocenters. The zero-order chi connectivity index (χ0) is 19.9. The lowest BCUT2D eigenvalue weighted by molar-refractivity contribution is -0.115. The van der Waals surface area contributed by atoms with E-state index in [1.54, 1.807) is 6.20 Å². The molecule has 0 bridgehead atoms. The number of carbonyl (C=O) groups excluding carboxylic acids is 2. The van der Waals surface area contributed by atoms with Crippen LogP contribution in [0.15, 0.2) is 24.4 Å². The first kappa shape index (κ1) is 19.9. The Morgan fingerprint density at radius 1 is 1.32 bits per heavy atom. The molecule has 8 nitrogen and oxygen atoms in total. The molecule has 28 heavy (non-hydrogen) atoms. The summed E-state index contributed by atoms with van der Waals surface area (Å²) in [7, 11) is 0. The minimum absolute atomic E-state index is 0.102. The van der Waals surface area contributed by atoms with Crippen molar-refractivity contribution in [3.05, 3.63) is 41.3 Å². The van der Waals surface area contributed by atoms with Gasteiger partial charge in [0.05, 0.1) is 13.0 Å². The number of aromatic nitrogens is 3. The van der Waals surface area contributed by atoms with Crippen molar-refractivity contribution in [1.29, 1.82) is 0 Å². The second kappa shape index (κ2) is 9.34. The molecule has 2 amide bonds. The van der Waals surface area contributed by atoms with Crippen molar-refractivity contribution in [2.75, 3.05) is 11.9 Å². The minimum Gasteiger partial charge on any atom is -0.450 e. The van der Waals surface area contributed by atoms with Gasteiger partial charge in [0.25, 0.3) is 0 Å². The Morgan fingerprint density at radius 2 is 2.18 bits per heavy atom. The molecule has 150 valence electrons. The molecule has 3 N–H and O–H groups in total. The van der Waals surface area contributed by atoms with Crippen molar-refractivity contribution in [3.8, 4) is 0 Å². The number of alkyl carbamates (subject to hydrolysis) is 1. The quantitative estimate of drug-likeness (QED) is 0.679. The maximum Gasteiger partial charge on any atom is 0.407 e. The number of pyridine rings is 1. The highest BCUT2D eigenvalue weighted by molar-refractivity contribution is 5.91. The predicted octanol–water partition coefficient (Wildman–Crippen LogP) is 3.07. The monoisotopic (exact) mass is 385 g/mol. The van der Waals surface area contributed by atoms with Gasteiger partial charge in [0.15, 0.2) is 5.82 Å². The van der Waals surface area contributed by atoms with E-state index in [1.165, 1.54) is 0 Å². The Bertz CT molecular complexity index is 802. The first-order valence-electron chi connectivity index (χ1n) is 9.73. The molecule has 1 aliphatic carbocycles. The Hall–Kier alpha value is -2.90. The van der Waals surface area contributed by atoms with Crippen LogP contribution >= 0.6 is 0 Å². The van der Waals surface area contributed by atoms with Gasteiger partial charge in [0, 0.05) is 35.6 Å². The summed E-state index contributed by atoms with van der Waals surface area (Å²) in [6, 6.07) is 5.76. The third-order valence-corrected chi connectivity index (χ3v) is 4.83. The number of amides is 2. The van der Waals surface area contributed by atoms with Gasteiger partial charge in [-0.15, -0.1) is 0 Å². The Labute approximate surface area is 164 Å². The van der Waals surface area contributed by atoms with E-state index in [0.29, 0.717) is 12.4 Å². The molecule has 0 aromatic carbocycles. The van der Waals surface area contributed by atoms with Crippen molar-refractivity contribution in [1.82, 2.24) is 20.5 Å². The van der Waals surface area contributed by atoms with Gasteiger partial charge in [-0.05, 0) is 44.2 Å². The topological polar surface area (TPSA) is 109 Å². The first-order valence-corrected chi connectivity index (χ1v) is 9.73. The number of hydrogen-bond acceptors (Lipinski definition) is 5. The number of carbonyl (C=O) groups is 2. The second-order valence-electron chi connectivity index (χ2n) is 7.23. The fourth-order valence-corrected chi connectivity index (χ4v) is 3.38.